The van der Waals surface area contributed by atoms with Gasteiger partial charge in [-0.15, -0.1) is 0 Å². The summed E-state index contributed by atoms with van der Waals surface area (Å²) in [4.78, 5) is 44.9. The van der Waals surface area contributed by atoms with Gasteiger partial charge in [-0.05, 0) is 43.3 Å². The van der Waals surface area contributed by atoms with Crippen LogP contribution in [0, 0.1) is 0 Å². The van der Waals surface area contributed by atoms with Crippen LogP contribution >= 0.6 is 0 Å². The number of hydrogen-bond donors (Lipinski definition) is 3. The lowest BCUT2D eigenvalue weighted by molar-refractivity contribution is -0.141. The van der Waals surface area contributed by atoms with Crippen LogP contribution in [0.25, 0.3) is 22.4 Å². The Bertz CT molecular complexity index is 1580. The van der Waals surface area contributed by atoms with E-state index in [1.54, 1.807) is 24.3 Å². The van der Waals surface area contributed by atoms with Crippen LogP contribution in [0.1, 0.15) is 39.2 Å². The van der Waals surface area contributed by atoms with Crippen molar-refractivity contribution in [2.45, 2.75) is 19.6 Å². The molecule has 4 rings (SSSR count). The maximum Gasteiger partial charge on any atom is 0.433 e. The number of amides is 2. The number of nitrogens with one attached hydrogen (secondary N) is 2. The molecule has 2 aromatic heterocycles. The molecule has 0 fully saturated rings. The zero-order valence-electron chi connectivity index (χ0n) is 20.7. The van der Waals surface area contributed by atoms with Crippen LogP contribution in [-0.2, 0) is 17.5 Å². The van der Waals surface area contributed by atoms with Crippen LogP contribution in [0.4, 0.5) is 18.9 Å². The Balaban J connectivity index is 1.59. The number of ether oxygens (including phenoxy) is 1. The van der Waals surface area contributed by atoms with E-state index in [1.807, 2.05) is 0 Å². The topological polar surface area (TPSA) is 149 Å². The number of ketones is 1. The summed E-state index contributed by atoms with van der Waals surface area (Å²) in [7, 11) is 1.30. The van der Waals surface area contributed by atoms with E-state index in [1.165, 1.54) is 32.2 Å². The quantitative estimate of drug-likeness (QED) is 0.284. The van der Waals surface area contributed by atoms with Gasteiger partial charge in [-0.25, -0.2) is 9.97 Å². The van der Waals surface area contributed by atoms with Crippen molar-refractivity contribution >= 4 is 34.2 Å². The molecule has 2 aromatic carbocycles. The summed E-state index contributed by atoms with van der Waals surface area (Å²) in [5, 5.41) is 5.22. The summed E-state index contributed by atoms with van der Waals surface area (Å²) in [5.41, 5.74) is 5.20. The molecule has 0 saturated carbocycles. The molecule has 0 spiro atoms. The second-order valence-electron chi connectivity index (χ2n) is 8.23. The number of carbonyl (C=O) groups is 3. The molecule has 4 N–H and O–H groups in total. The molecule has 0 aliphatic carbocycles. The highest BCUT2D eigenvalue weighted by Gasteiger charge is 2.33. The van der Waals surface area contributed by atoms with E-state index in [0.717, 1.165) is 6.07 Å². The number of alkyl halides is 3. The number of halogens is 3. The van der Waals surface area contributed by atoms with Crippen LogP contribution < -0.4 is 21.1 Å². The SMILES string of the molecule is COc1ccc(-c2nc(C(=O)NCC(=O)Nc3ccccc3C(C)=O)c(CN)o2)c2ccc(C(F)(F)F)nc12. The summed E-state index contributed by atoms with van der Waals surface area (Å²) in [5.74, 6) is -1.60. The van der Waals surface area contributed by atoms with E-state index in [4.69, 9.17) is 14.9 Å². The van der Waals surface area contributed by atoms with Gasteiger partial charge in [0.05, 0.1) is 25.9 Å². The standard InChI is InChI=1S/C26H22F3N5O5/c1-13(35)14-5-3-4-6-17(14)32-21(36)12-31-24(37)23-19(11-30)39-25(34-23)16-7-9-18(38-2)22-15(16)8-10-20(33-22)26(27,28)29/h3-10H,11-12,30H2,1-2H3,(H,31,37)(H,32,36). The summed E-state index contributed by atoms with van der Waals surface area (Å²) in [6.07, 6.45) is -4.67. The van der Waals surface area contributed by atoms with Crippen molar-refractivity contribution in [1.82, 2.24) is 15.3 Å². The van der Waals surface area contributed by atoms with Gasteiger partial charge in [0, 0.05) is 16.5 Å². The number of methoxy groups -OCH3 is 1. The summed E-state index contributed by atoms with van der Waals surface area (Å²) in [6, 6.07) is 11.3. The third-order valence-electron chi connectivity index (χ3n) is 5.65. The van der Waals surface area contributed by atoms with Crippen molar-refractivity contribution in [3.8, 4) is 17.2 Å². The zero-order valence-corrected chi connectivity index (χ0v) is 20.7. The molecule has 0 bridgehead atoms. The molecular weight excluding hydrogens is 519 g/mol. The van der Waals surface area contributed by atoms with Gasteiger partial charge >= 0.3 is 6.18 Å². The van der Waals surface area contributed by atoms with Gasteiger partial charge in [-0.3, -0.25) is 14.4 Å². The highest BCUT2D eigenvalue weighted by Crippen LogP contribution is 2.36. The first-order valence-electron chi connectivity index (χ1n) is 11.5. The van der Waals surface area contributed by atoms with Crippen molar-refractivity contribution in [3.63, 3.8) is 0 Å². The van der Waals surface area contributed by atoms with Gasteiger partial charge in [0.25, 0.3) is 5.91 Å². The third-order valence-corrected chi connectivity index (χ3v) is 5.65. The minimum atomic E-state index is -4.67. The molecule has 4 aromatic rings. The Hall–Kier alpha value is -4.78. The van der Waals surface area contributed by atoms with E-state index >= 15 is 0 Å². The molecule has 0 atom stereocenters. The number of nitrogens with zero attached hydrogens (tertiary/aromatic N) is 2. The molecular formula is C26H22F3N5O5. The Labute approximate surface area is 219 Å². The number of carbonyl (C=O) groups excluding carboxylic acids is 3. The highest BCUT2D eigenvalue weighted by molar-refractivity contribution is 6.05. The van der Waals surface area contributed by atoms with Gasteiger partial charge in [-0.2, -0.15) is 13.2 Å². The molecule has 13 heteroatoms. The predicted octanol–water partition coefficient (Wildman–Crippen LogP) is 3.95. The number of rotatable bonds is 8. The van der Waals surface area contributed by atoms with Crippen molar-refractivity contribution in [2.24, 2.45) is 5.73 Å². The number of nitrogens with two attached hydrogens (primary N) is 1. The van der Waals surface area contributed by atoms with E-state index in [-0.39, 0.29) is 51.9 Å². The van der Waals surface area contributed by atoms with Gasteiger partial charge < -0.3 is 25.5 Å². The molecule has 0 radical (unpaired) electrons. The van der Waals surface area contributed by atoms with E-state index in [9.17, 15) is 27.6 Å². The number of Topliss-reactive ketones (excluding diaryl/α,β-unsaturated/α-hetero) is 1. The second-order valence-corrected chi connectivity index (χ2v) is 8.23. The van der Waals surface area contributed by atoms with Gasteiger partial charge in [0.2, 0.25) is 11.8 Å². The minimum absolute atomic E-state index is 0.00586. The number of aromatic nitrogens is 2. The first-order chi connectivity index (χ1) is 18.5. The number of hydrogen-bond acceptors (Lipinski definition) is 8. The maximum atomic E-state index is 13.2. The van der Waals surface area contributed by atoms with E-state index in [0.29, 0.717) is 11.3 Å². The Kier molecular flexibility index (Phi) is 7.63. The Morgan fingerprint density at radius 1 is 1.05 bits per heavy atom. The fourth-order valence-electron chi connectivity index (χ4n) is 3.82. The number of para-hydroxylation sites is 1. The lowest BCUT2D eigenvalue weighted by Gasteiger charge is -2.11. The van der Waals surface area contributed by atoms with Crippen molar-refractivity contribution in [1.29, 1.82) is 0 Å². The molecule has 2 heterocycles. The monoisotopic (exact) mass is 541 g/mol. The summed E-state index contributed by atoms with van der Waals surface area (Å²) >= 11 is 0. The second kappa shape index (κ2) is 10.9. The first kappa shape index (κ1) is 27.3. The smallest absolute Gasteiger partial charge is 0.433 e. The van der Waals surface area contributed by atoms with Gasteiger partial charge in [0.1, 0.15) is 17.0 Å². The third kappa shape index (κ3) is 5.72. The molecule has 10 nitrogen and oxygen atoms in total. The molecule has 0 unspecified atom stereocenters. The summed E-state index contributed by atoms with van der Waals surface area (Å²) < 4.78 is 50.5. The zero-order chi connectivity index (χ0) is 28.3. The fraction of sp³-hybridized carbons (Fsp3) is 0.192. The molecule has 39 heavy (non-hydrogen) atoms. The average molecular weight is 541 g/mol. The van der Waals surface area contributed by atoms with Crippen LogP contribution in [0.2, 0.25) is 0 Å². The van der Waals surface area contributed by atoms with Crippen LogP contribution in [0.15, 0.2) is 52.9 Å². The van der Waals surface area contributed by atoms with Crippen LogP contribution in [0.5, 0.6) is 5.75 Å². The van der Waals surface area contributed by atoms with Gasteiger partial charge in [-0.1, -0.05) is 12.1 Å². The normalized spacial score (nSPS) is 11.3. The lowest BCUT2D eigenvalue weighted by Crippen LogP contribution is -2.33. The van der Waals surface area contributed by atoms with Crippen molar-refractivity contribution in [2.75, 3.05) is 19.0 Å². The fourth-order valence-corrected chi connectivity index (χ4v) is 3.82. The highest BCUT2D eigenvalue weighted by atomic mass is 19.4. The molecule has 0 aliphatic heterocycles. The number of benzene rings is 2. The molecule has 2 amide bonds. The van der Waals surface area contributed by atoms with E-state index < -0.39 is 30.2 Å². The van der Waals surface area contributed by atoms with Crippen molar-refractivity contribution in [3.05, 3.63) is 71.2 Å². The van der Waals surface area contributed by atoms with Gasteiger partial charge in [0.15, 0.2) is 17.2 Å². The van der Waals surface area contributed by atoms with Crippen LogP contribution in [0.3, 0.4) is 0 Å². The number of pyridine rings is 1. The van der Waals surface area contributed by atoms with E-state index in [2.05, 4.69) is 20.6 Å². The first-order valence-corrected chi connectivity index (χ1v) is 11.5. The minimum Gasteiger partial charge on any atom is -0.494 e. The Morgan fingerprint density at radius 3 is 2.46 bits per heavy atom. The number of fused-ring (bicyclic) bond motifs is 1. The van der Waals surface area contributed by atoms with Crippen molar-refractivity contribution < 1.29 is 36.7 Å². The largest absolute Gasteiger partial charge is 0.494 e. The van der Waals surface area contributed by atoms with Crippen LogP contribution in [-0.4, -0.2) is 41.2 Å². The lowest BCUT2D eigenvalue weighted by atomic mass is 10.1. The molecule has 202 valence electrons. The Morgan fingerprint density at radius 2 is 1.79 bits per heavy atom. The summed E-state index contributed by atoms with van der Waals surface area (Å²) in [6.45, 7) is 0.686. The number of oxazole rings is 1. The molecule has 0 aliphatic rings. The molecule has 0 saturated heterocycles. The predicted molar refractivity (Wildman–Crippen MR) is 134 cm³/mol. The average Bonchev–Trinajstić information content (AvgIpc) is 3.35. The number of anilines is 1. The maximum absolute atomic E-state index is 13.2.